The Bertz CT molecular complexity index is 616. The summed E-state index contributed by atoms with van der Waals surface area (Å²) in [6.45, 7) is 0.0902. The molecule has 0 aliphatic heterocycles. The van der Waals surface area contributed by atoms with E-state index >= 15 is 0 Å². The summed E-state index contributed by atoms with van der Waals surface area (Å²) in [6, 6.07) is 6.54. The van der Waals surface area contributed by atoms with Gasteiger partial charge in [-0.2, -0.15) is 0 Å². The highest BCUT2D eigenvalue weighted by Gasteiger charge is 2.07. The Morgan fingerprint density at radius 3 is 2.60 bits per heavy atom. The van der Waals surface area contributed by atoms with Crippen LogP contribution in [0.2, 0.25) is 0 Å². The average molecular weight is 278 g/mol. The van der Waals surface area contributed by atoms with E-state index in [9.17, 15) is 13.6 Å². The van der Waals surface area contributed by atoms with Gasteiger partial charge in [0.1, 0.15) is 5.82 Å². The van der Waals surface area contributed by atoms with Gasteiger partial charge in [-0.1, -0.05) is 6.07 Å². The van der Waals surface area contributed by atoms with Crippen LogP contribution in [0.3, 0.4) is 0 Å². The fraction of sp³-hybridized carbons (Fsp3) is 0.0769. The minimum absolute atomic E-state index is 0.0902. The fourth-order valence-corrected chi connectivity index (χ4v) is 1.55. The number of nitrogens with two attached hydrogens (primary N) is 1. The van der Waals surface area contributed by atoms with Crippen molar-refractivity contribution in [3.05, 3.63) is 59.3 Å². The molecule has 4 N–H and O–H groups in total. The van der Waals surface area contributed by atoms with E-state index in [1.54, 1.807) is 12.1 Å². The molecule has 0 saturated carbocycles. The topological polar surface area (TPSA) is 80.0 Å². The summed E-state index contributed by atoms with van der Waals surface area (Å²) >= 11 is 0. The van der Waals surface area contributed by atoms with E-state index in [1.165, 1.54) is 12.3 Å². The first kappa shape index (κ1) is 13.9. The van der Waals surface area contributed by atoms with E-state index in [4.69, 9.17) is 5.84 Å². The minimum Gasteiger partial charge on any atom is -0.348 e. The fourth-order valence-electron chi connectivity index (χ4n) is 1.55. The van der Waals surface area contributed by atoms with E-state index < -0.39 is 11.6 Å². The van der Waals surface area contributed by atoms with Gasteiger partial charge in [-0.3, -0.25) is 4.79 Å². The van der Waals surface area contributed by atoms with Gasteiger partial charge in [0.05, 0.1) is 5.56 Å². The molecule has 0 atom stereocenters. The summed E-state index contributed by atoms with van der Waals surface area (Å²) in [6.07, 6.45) is 1.36. The maximum Gasteiger partial charge on any atom is 0.253 e. The van der Waals surface area contributed by atoms with Gasteiger partial charge < -0.3 is 10.7 Å². The van der Waals surface area contributed by atoms with Gasteiger partial charge in [-0.25, -0.2) is 19.6 Å². The Morgan fingerprint density at radius 2 is 2.00 bits per heavy atom. The Kier molecular flexibility index (Phi) is 4.21. The van der Waals surface area contributed by atoms with Crippen molar-refractivity contribution in [3.8, 4) is 0 Å². The zero-order chi connectivity index (χ0) is 14.5. The Balaban J connectivity index is 1.98. The van der Waals surface area contributed by atoms with Crippen LogP contribution in [-0.4, -0.2) is 10.9 Å². The van der Waals surface area contributed by atoms with Crippen LogP contribution in [0, 0.1) is 11.6 Å². The van der Waals surface area contributed by atoms with Gasteiger partial charge in [0.2, 0.25) is 0 Å². The molecule has 0 bridgehead atoms. The molecule has 0 radical (unpaired) electrons. The molecule has 0 aliphatic rings. The lowest BCUT2D eigenvalue weighted by molar-refractivity contribution is 0.0950. The number of amides is 1. The van der Waals surface area contributed by atoms with Crippen molar-refractivity contribution < 1.29 is 13.6 Å². The predicted octanol–water partition coefficient (Wildman–Crippen LogP) is 1.58. The molecule has 0 fully saturated rings. The van der Waals surface area contributed by atoms with Crippen molar-refractivity contribution in [3.63, 3.8) is 0 Å². The first-order chi connectivity index (χ1) is 9.60. The molecule has 0 saturated heterocycles. The number of nitrogens with one attached hydrogen (secondary N) is 2. The van der Waals surface area contributed by atoms with Crippen molar-refractivity contribution in [2.24, 2.45) is 5.84 Å². The number of nitrogens with zero attached hydrogens (tertiary/aromatic N) is 1. The van der Waals surface area contributed by atoms with Crippen LogP contribution in [0.4, 0.5) is 14.6 Å². The monoisotopic (exact) mass is 278 g/mol. The van der Waals surface area contributed by atoms with Crippen molar-refractivity contribution >= 4 is 11.7 Å². The van der Waals surface area contributed by atoms with Gasteiger partial charge in [-0.15, -0.1) is 0 Å². The molecular formula is C13H12F2N4O. The Morgan fingerprint density at radius 1 is 1.20 bits per heavy atom. The molecule has 0 unspecified atom stereocenters. The number of pyridine rings is 1. The Labute approximate surface area is 113 Å². The van der Waals surface area contributed by atoms with Gasteiger partial charge in [0, 0.05) is 12.7 Å². The standard InChI is InChI=1S/C13H12F2N4O/c14-10-3-1-8(5-11(10)15)6-18-13(20)9-2-4-12(19-16)17-7-9/h1-5,7H,6,16H2,(H,17,19)(H,18,20). The maximum absolute atomic E-state index is 13.0. The number of hydrogen-bond acceptors (Lipinski definition) is 4. The summed E-state index contributed by atoms with van der Waals surface area (Å²) in [4.78, 5) is 15.7. The molecule has 2 rings (SSSR count). The van der Waals surface area contributed by atoms with Crippen LogP contribution < -0.4 is 16.6 Å². The molecule has 1 heterocycles. The number of aromatic nitrogens is 1. The second kappa shape index (κ2) is 6.07. The SMILES string of the molecule is NNc1ccc(C(=O)NCc2ccc(F)c(F)c2)cn1. The van der Waals surface area contributed by atoms with Gasteiger partial charge in [-0.05, 0) is 29.8 Å². The lowest BCUT2D eigenvalue weighted by atomic mass is 10.2. The van der Waals surface area contributed by atoms with Crippen LogP contribution in [0.15, 0.2) is 36.5 Å². The minimum atomic E-state index is -0.947. The van der Waals surface area contributed by atoms with Crippen LogP contribution in [0.1, 0.15) is 15.9 Å². The molecule has 5 nitrogen and oxygen atoms in total. The number of carbonyl (C=O) groups excluding carboxylic acids is 1. The van der Waals surface area contributed by atoms with Gasteiger partial charge >= 0.3 is 0 Å². The lowest BCUT2D eigenvalue weighted by Gasteiger charge is -2.06. The van der Waals surface area contributed by atoms with Crippen LogP contribution in [-0.2, 0) is 6.54 Å². The number of rotatable bonds is 4. The zero-order valence-corrected chi connectivity index (χ0v) is 10.4. The van der Waals surface area contributed by atoms with Crippen molar-refractivity contribution in [2.75, 3.05) is 5.43 Å². The predicted molar refractivity (Wildman–Crippen MR) is 69.6 cm³/mol. The molecule has 7 heteroatoms. The van der Waals surface area contributed by atoms with E-state index in [0.29, 0.717) is 16.9 Å². The summed E-state index contributed by atoms with van der Waals surface area (Å²) in [5.41, 5.74) is 3.15. The second-order valence-corrected chi connectivity index (χ2v) is 4.01. The third kappa shape index (κ3) is 3.27. The number of nitrogen functional groups attached to an aromatic ring is 1. The lowest BCUT2D eigenvalue weighted by Crippen LogP contribution is -2.23. The van der Waals surface area contributed by atoms with Crippen molar-refractivity contribution in [1.29, 1.82) is 0 Å². The van der Waals surface area contributed by atoms with E-state index in [-0.39, 0.29) is 12.5 Å². The van der Waals surface area contributed by atoms with Crippen LogP contribution >= 0.6 is 0 Å². The second-order valence-electron chi connectivity index (χ2n) is 4.01. The normalized spacial score (nSPS) is 10.2. The summed E-state index contributed by atoms with van der Waals surface area (Å²) in [5.74, 6) is 3.35. The molecule has 0 spiro atoms. The Hall–Kier alpha value is -2.54. The number of benzene rings is 1. The highest BCUT2D eigenvalue weighted by molar-refractivity contribution is 5.93. The van der Waals surface area contributed by atoms with Crippen LogP contribution in [0.5, 0.6) is 0 Å². The first-order valence-electron chi connectivity index (χ1n) is 5.75. The highest BCUT2D eigenvalue weighted by atomic mass is 19.2. The number of carbonyl (C=O) groups is 1. The van der Waals surface area contributed by atoms with Crippen LogP contribution in [0.25, 0.3) is 0 Å². The summed E-state index contributed by atoms with van der Waals surface area (Å²) < 4.78 is 25.7. The first-order valence-corrected chi connectivity index (χ1v) is 5.75. The van der Waals surface area contributed by atoms with Gasteiger partial charge in [0.25, 0.3) is 5.91 Å². The van der Waals surface area contributed by atoms with E-state index in [1.807, 2.05) is 0 Å². The van der Waals surface area contributed by atoms with Gasteiger partial charge in [0.15, 0.2) is 11.6 Å². The molecule has 1 aromatic carbocycles. The summed E-state index contributed by atoms with van der Waals surface area (Å²) in [7, 11) is 0. The molecule has 1 amide bonds. The number of halogens is 2. The average Bonchev–Trinajstić information content (AvgIpc) is 2.48. The molecule has 20 heavy (non-hydrogen) atoms. The smallest absolute Gasteiger partial charge is 0.253 e. The van der Waals surface area contributed by atoms with Crippen molar-refractivity contribution in [2.45, 2.75) is 6.54 Å². The third-order valence-electron chi connectivity index (χ3n) is 2.61. The quantitative estimate of drug-likeness (QED) is 0.586. The molecular weight excluding hydrogens is 266 g/mol. The molecule has 1 aromatic heterocycles. The maximum atomic E-state index is 13.0. The molecule has 104 valence electrons. The largest absolute Gasteiger partial charge is 0.348 e. The van der Waals surface area contributed by atoms with E-state index in [0.717, 1.165) is 12.1 Å². The molecule has 2 aromatic rings. The third-order valence-corrected chi connectivity index (χ3v) is 2.61. The number of hydrazine groups is 1. The molecule has 0 aliphatic carbocycles. The van der Waals surface area contributed by atoms with Crippen molar-refractivity contribution in [1.82, 2.24) is 10.3 Å². The van der Waals surface area contributed by atoms with E-state index in [2.05, 4.69) is 15.7 Å². The number of hydrogen-bond donors (Lipinski definition) is 3. The highest BCUT2D eigenvalue weighted by Crippen LogP contribution is 2.09. The zero-order valence-electron chi connectivity index (χ0n) is 10.4. The summed E-state index contributed by atoms with van der Waals surface area (Å²) in [5, 5.41) is 2.58. The number of anilines is 1.